The predicted octanol–water partition coefficient (Wildman–Crippen LogP) is 1.74. The Hall–Kier alpha value is -1.14. The third kappa shape index (κ3) is 1.99. The normalized spacial score (nSPS) is 26.4. The van der Waals surface area contributed by atoms with E-state index in [-0.39, 0.29) is 0 Å². The van der Waals surface area contributed by atoms with Gasteiger partial charge in [0.15, 0.2) is 5.13 Å². The molecule has 0 amide bonds. The van der Waals surface area contributed by atoms with Gasteiger partial charge in [0.2, 0.25) is 0 Å². The van der Waals surface area contributed by atoms with Gasteiger partial charge in [-0.3, -0.25) is 0 Å². The van der Waals surface area contributed by atoms with Gasteiger partial charge in [0.25, 0.3) is 0 Å². The van der Waals surface area contributed by atoms with Crippen molar-refractivity contribution in [1.82, 2.24) is 4.98 Å². The molecule has 1 aliphatic carbocycles. The average molecular weight is 267 g/mol. The molecule has 0 aromatic carbocycles. The van der Waals surface area contributed by atoms with Gasteiger partial charge in [-0.2, -0.15) is 0 Å². The summed E-state index contributed by atoms with van der Waals surface area (Å²) in [6.45, 7) is 5.43. The first-order chi connectivity index (χ1) is 8.79. The number of hydrogen-bond donors (Lipinski definition) is 1. The van der Waals surface area contributed by atoms with Gasteiger partial charge in [-0.05, 0) is 12.8 Å². The maximum Gasteiger partial charge on any atom is 0.186 e. The molecule has 1 fully saturated rings. The van der Waals surface area contributed by atoms with E-state index in [0.29, 0.717) is 5.92 Å². The van der Waals surface area contributed by atoms with Crippen LogP contribution in [0.1, 0.15) is 23.9 Å². The van der Waals surface area contributed by atoms with E-state index < -0.39 is 0 Å². The number of anilines is 1. The summed E-state index contributed by atoms with van der Waals surface area (Å²) in [6, 6.07) is 0. The minimum atomic E-state index is 0.320. The van der Waals surface area contributed by atoms with Crippen LogP contribution in [0.5, 0.6) is 0 Å². The second-order valence-corrected chi connectivity index (χ2v) is 5.77. The summed E-state index contributed by atoms with van der Waals surface area (Å²) in [5, 5.41) is 13.7. The third-order valence-corrected chi connectivity index (χ3v) is 4.77. The number of aromatic nitrogens is 1. The fourth-order valence-electron chi connectivity index (χ4n) is 2.46. The van der Waals surface area contributed by atoms with Crippen molar-refractivity contribution in [3.05, 3.63) is 10.6 Å². The van der Waals surface area contributed by atoms with Gasteiger partial charge in [0.1, 0.15) is 5.71 Å². The summed E-state index contributed by atoms with van der Waals surface area (Å²) < 4.78 is 5.35. The average Bonchev–Trinajstić information content (AvgIpc) is 2.84. The highest BCUT2D eigenvalue weighted by Crippen LogP contribution is 2.34. The maximum atomic E-state index is 9.16. The van der Waals surface area contributed by atoms with Crippen molar-refractivity contribution in [2.24, 2.45) is 11.1 Å². The first-order valence-corrected chi connectivity index (χ1v) is 7.16. The number of oxime groups is 1. The van der Waals surface area contributed by atoms with Crippen LogP contribution < -0.4 is 4.90 Å². The summed E-state index contributed by atoms with van der Waals surface area (Å²) in [6.07, 6.45) is 2.00. The van der Waals surface area contributed by atoms with E-state index in [4.69, 9.17) is 14.9 Å². The summed E-state index contributed by atoms with van der Waals surface area (Å²) in [4.78, 5) is 8.03. The molecule has 1 atom stereocenters. The van der Waals surface area contributed by atoms with Crippen LogP contribution in [0, 0.1) is 5.92 Å². The van der Waals surface area contributed by atoms with E-state index in [1.165, 1.54) is 0 Å². The van der Waals surface area contributed by atoms with Gasteiger partial charge >= 0.3 is 0 Å². The highest BCUT2D eigenvalue weighted by atomic mass is 32.1. The zero-order chi connectivity index (χ0) is 12.5. The molecule has 2 heterocycles. The standard InChI is InChI=1S/C12H17N3O2S/c1-8-2-3-9-11(10(8)14-16)18-12(13-9)15-4-6-17-7-5-15/h8,16H,2-7H2,1H3/b14-10-. The molecule has 1 aliphatic heterocycles. The number of morpholine rings is 1. The second kappa shape index (κ2) is 4.85. The molecule has 98 valence electrons. The Morgan fingerprint density at radius 3 is 2.94 bits per heavy atom. The topological polar surface area (TPSA) is 58.0 Å². The van der Waals surface area contributed by atoms with Crippen LogP contribution in [0.15, 0.2) is 5.16 Å². The van der Waals surface area contributed by atoms with Crippen molar-refractivity contribution in [2.45, 2.75) is 19.8 Å². The molecule has 18 heavy (non-hydrogen) atoms. The third-order valence-electron chi connectivity index (χ3n) is 3.59. The molecule has 1 aromatic heterocycles. The Morgan fingerprint density at radius 2 is 2.22 bits per heavy atom. The SMILES string of the molecule is CC1CCc2nc(N3CCOCC3)sc2/C1=N\O. The Labute approximate surface area is 110 Å². The molecule has 0 spiro atoms. The quantitative estimate of drug-likeness (QED) is 0.622. The molecule has 2 aliphatic rings. The lowest BCUT2D eigenvalue weighted by atomic mass is 9.91. The van der Waals surface area contributed by atoms with Crippen LogP contribution in [0.3, 0.4) is 0 Å². The van der Waals surface area contributed by atoms with Gasteiger partial charge < -0.3 is 14.8 Å². The number of nitrogens with zero attached hydrogens (tertiary/aromatic N) is 3. The first kappa shape index (κ1) is 11.9. The minimum absolute atomic E-state index is 0.320. The van der Waals surface area contributed by atoms with Crippen molar-refractivity contribution in [2.75, 3.05) is 31.2 Å². The Balaban J connectivity index is 1.91. The van der Waals surface area contributed by atoms with Crippen LogP contribution in [0.4, 0.5) is 5.13 Å². The molecule has 0 saturated carbocycles. The van der Waals surface area contributed by atoms with Crippen LogP contribution in [0.25, 0.3) is 0 Å². The lowest BCUT2D eigenvalue weighted by Crippen LogP contribution is -2.36. The van der Waals surface area contributed by atoms with Crippen molar-refractivity contribution >= 4 is 22.2 Å². The van der Waals surface area contributed by atoms with E-state index in [2.05, 4.69) is 17.0 Å². The fourth-order valence-corrected chi connectivity index (χ4v) is 3.72. The van der Waals surface area contributed by atoms with Crippen LogP contribution in [-0.4, -0.2) is 42.2 Å². The largest absolute Gasteiger partial charge is 0.411 e. The Kier molecular flexibility index (Phi) is 3.22. The number of thiazole rings is 1. The maximum absolute atomic E-state index is 9.16. The summed E-state index contributed by atoms with van der Waals surface area (Å²) in [7, 11) is 0. The predicted molar refractivity (Wildman–Crippen MR) is 71.0 cm³/mol. The van der Waals surface area contributed by atoms with Gasteiger partial charge in [0.05, 0.1) is 23.8 Å². The summed E-state index contributed by atoms with van der Waals surface area (Å²) in [5.41, 5.74) is 1.89. The van der Waals surface area contributed by atoms with Gasteiger partial charge in [-0.1, -0.05) is 23.4 Å². The molecule has 1 N–H and O–H groups in total. The number of fused-ring (bicyclic) bond motifs is 1. The smallest absolute Gasteiger partial charge is 0.186 e. The van der Waals surface area contributed by atoms with E-state index in [1.54, 1.807) is 11.3 Å². The molecular formula is C12H17N3O2S. The molecule has 1 saturated heterocycles. The van der Waals surface area contributed by atoms with Gasteiger partial charge in [0, 0.05) is 19.0 Å². The lowest BCUT2D eigenvalue weighted by Gasteiger charge is -2.26. The molecule has 6 heteroatoms. The van der Waals surface area contributed by atoms with E-state index in [9.17, 15) is 0 Å². The monoisotopic (exact) mass is 267 g/mol. The molecule has 5 nitrogen and oxygen atoms in total. The Morgan fingerprint density at radius 1 is 1.44 bits per heavy atom. The summed E-state index contributed by atoms with van der Waals surface area (Å²) in [5.74, 6) is 0.320. The van der Waals surface area contributed by atoms with Crippen molar-refractivity contribution < 1.29 is 9.94 Å². The van der Waals surface area contributed by atoms with Crippen molar-refractivity contribution in [3.63, 3.8) is 0 Å². The first-order valence-electron chi connectivity index (χ1n) is 6.34. The molecule has 1 unspecified atom stereocenters. The molecular weight excluding hydrogens is 250 g/mol. The zero-order valence-electron chi connectivity index (χ0n) is 10.4. The van der Waals surface area contributed by atoms with E-state index in [0.717, 1.165) is 60.6 Å². The number of aryl methyl sites for hydroxylation is 1. The zero-order valence-corrected chi connectivity index (χ0v) is 11.2. The van der Waals surface area contributed by atoms with Crippen molar-refractivity contribution in [1.29, 1.82) is 0 Å². The van der Waals surface area contributed by atoms with Gasteiger partial charge in [-0.15, -0.1) is 0 Å². The van der Waals surface area contributed by atoms with Crippen molar-refractivity contribution in [3.8, 4) is 0 Å². The highest BCUT2D eigenvalue weighted by molar-refractivity contribution is 7.17. The number of ether oxygens (including phenoxy) is 1. The molecule has 0 radical (unpaired) electrons. The van der Waals surface area contributed by atoms with Crippen LogP contribution in [0.2, 0.25) is 0 Å². The number of rotatable bonds is 1. The van der Waals surface area contributed by atoms with Gasteiger partial charge in [-0.25, -0.2) is 4.98 Å². The molecule has 0 bridgehead atoms. The van der Waals surface area contributed by atoms with E-state index in [1.807, 2.05) is 0 Å². The second-order valence-electron chi connectivity index (χ2n) is 4.80. The summed E-state index contributed by atoms with van der Waals surface area (Å²) >= 11 is 1.65. The van der Waals surface area contributed by atoms with E-state index >= 15 is 0 Å². The van der Waals surface area contributed by atoms with Crippen LogP contribution >= 0.6 is 11.3 Å². The lowest BCUT2D eigenvalue weighted by molar-refractivity contribution is 0.122. The highest BCUT2D eigenvalue weighted by Gasteiger charge is 2.28. The van der Waals surface area contributed by atoms with Crippen LogP contribution in [-0.2, 0) is 11.2 Å². The molecule has 3 rings (SSSR count). The molecule has 1 aromatic rings. The Bertz CT molecular complexity index is 466. The minimum Gasteiger partial charge on any atom is -0.411 e. The number of hydrogen-bond acceptors (Lipinski definition) is 6. The fraction of sp³-hybridized carbons (Fsp3) is 0.667.